The average molecular weight is 815 g/mol. The number of hydrogen-bond donors (Lipinski definition) is 5. The maximum Gasteiger partial charge on any atom is 0.409 e. The van der Waals surface area contributed by atoms with Crippen molar-refractivity contribution in [1.82, 2.24) is 15.2 Å². The highest BCUT2D eigenvalue weighted by atomic mass is 35.5. The number of amides is 2. The molecule has 0 aliphatic rings. The first-order valence-corrected chi connectivity index (χ1v) is 21.9. The van der Waals surface area contributed by atoms with Crippen LogP contribution in [0.1, 0.15) is 43.6 Å². The van der Waals surface area contributed by atoms with Crippen molar-refractivity contribution in [1.29, 1.82) is 0 Å². The van der Waals surface area contributed by atoms with E-state index in [1.807, 2.05) is 48.5 Å². The van der Waals surface area contributed by atoms with Crippen LogP contribution >= 0.6 is 11.6 Å². The topological polar surface area (TPSA) is 162 Å². The Morgan fingerprint density at radius 2 is 1.72 bits per heavy atom. The lowest BCUT2D eigenvalue weighted by Gasteiger charge is -2.39. The fourth-order valence-electron chi connectivity index (χ4n) is 6.15. The molecular formula is C43H51ClN4O8Si. The van der Waals surface area contributed by atoms with Gasteiger partial charge in [-0.15, -0.1) is 0 Å². The van der Waals surface area contributed by atoms with E-state index >= 15 is 0 Å². The summed E-state index contributed by atoms with van der Waals surface area (Å²) in [4.78, 5) is 41.0. The molecule has 0 radical (unpaired) electrons. The number of hydrogen-bond acceptors (Lipinski definition) is 8. The molecule has 0 aliphatic heterocycles. The summed E-state index contributed by atoms with van der Waals surface area (Å²) in [5.74, 6) is 0.529. The Kier molecular flexibility index (Phi) is 13.7. The van der Waals surface area contributed by atoms with Gasteiger partial charge in [0.05, 0.1) is 29.4 Å². The first kappa shape index (κ1) is 42.8. The van der Waals surface area contributed by atoms with Gasteiger partial charge in [0, 0.05) is 55.3 Å². The third-order valence-electron chi connectivity index (χ3n) is 10.4. The third kappa shape index (κ3) is 10.7. The van der Waals surface area contributed by atoms with E-state index in [0.717, 1.165) is 27.8 Å². The van der Waals surface area contributed by atoms with Gasteiger partial charge in [0.2, 0.25) is 5.56 Å². The first-order chi connectivity index (χ1) is 27.0. The molecular weight excluding hydrogens is 764 g/mol. The number of halogens is 1. The third-order valence-corrected chi connectivity index (χ3v) is 15.2. The number of likely N-dealkylation sites (N-methyl/N-ethyl adjacent to an activating group) is 1. The lowest BCUT2D eigenvalue weighted by atomic mass is 10.00. The van der Waals surface area contributed by atoms with E-state index in [1.165, 1.54) is 6.07 Å². The molecule has 5 N–H and O–H groups in total. The molecule has 2 amide bonds. The normalized spacial score (nSPS) is 12.3. The number of aromatic amines is 1. The number of phenolic OH excluding ortho intramolecular Hbond substituents is 1. The molecule has 14 heteroatoms. The van der Waals surface area contributed by atoms with Crippen LogP contribution in [-0.4, -0.2) is 74.3 Å². The monoisotopic (exact) mass is 814 g/mol. The molecule has 0 fully saturated rings. The molecule has 12 nitrogen and oxygen atoms in total. The van der Waals surface area contributed by atoms with Gasteiger partial charge < -0.3 is 39.3 Å². The van der Waals surface area contributed by atoms with E-state index in [9.17, 15) is 24.6 Å². The van der Waals surface area contributed by atoms with Crippen LogP contribution in [0.4, 0.5) is 10.5 Å². The summed E-state index contributed by atoms with van der Waals surface area (Å²) < 4.78 is 18.5. The van der Waals surface area contributed by atoms with Crippen LogP contribution in [0.15, 0.2) is 89.7 Å². The number of aromatic nitrogens is 1. The SMILES string of the molecule is COc1cc(OCC(=O)N(C)CCc2ccc(-c3ccccc3)c(NC(=O)O)c2)c(Cl)cc1CNCC(O[Si](C)(C)C(C)(C)C)c1ccc(O)c2[nH]c(=O)ccc12. The van der Waals surface area contributed by atoms with Crippen LogP contribution in [0.25, 0.3) is 22.0 Å². The summed E-state index contributed by atoms with van der Waals surface area (Å²) in [6.07, 6.45) is -1.08. The Morgan fingerprint density at radius 1 is 0.982 bits per heavy atom. The van der Waals surface area contributed by atoms with E-state index in [2.05, 4.69) is 49.5 Å². The number of pyridine rings is 1. The molecule has 1 aromatic heterocycles. The molecule has 1 unspecified atom stereocenters. The second kappa shape index (κ2) is 18.3. The number of carboxylic acid groups (broad SMARTS) is 1. The summed E-state index contributed by atoms with van der Waals surface area (Å²) in [5, 5.41) is 26.9. The highest BCUT2D eigenvalue weighted by molar-refractivity contribution is 6.74. The van der Waals surface area contributed by atoms with Crippen molar-refractivity contribution >= 4 is 48.5 Å². The van der Waals surface area contributed by atoms with Gasteiger partial charge in [0.15, 0.2) is 14.9 Å². The second-order valence-corrected chi connectivity index (χ2v) is 20.6. The van der Waals surface area contributed by atoms with Crippen molar-refractivity contribution in [3.63, 3.8) is 0 Å². The molecule has 0 saturated carbocycles. The number of rotatable bonds is 16. The van der Waals surface area contributed by atoms with E-state index in [4.69, 9.17) is 25.5 Å². The predicted octanol–water partition coefficient (Wildman–Crippen LogP) is 8.59. The number of benzene rings is 4. The minimum absolute atomic E-state index is 0.0173. The van der Waals surface area contributed by atoms with Gasteiger partial charge in [0.1, 0.15) is 17.2 Å². The number of fused-ring (bicyclic) bond motifs is 1. The molecule has 4 aromatic carbocycles. The molecule has 0 saturated heterocycles. The summed E-state index contributed by atoms with van der Waals surface area (Å²) in [7, 11) is 0.941. The molecule has 0 bridgehead atoms. The number of ether oxygens (including phenoxy) is 2. The van der Waals surface area contributed by atoms with Gasteiger partial charge >= 0.3 is 6.09 Å². The number of nitrogens with one attached hydrogen (secondary N) is 3. The molecule has 302 valence electrons. The lowest BCUT2D eigenvalue weighted by molar-refractivity contribution is -0.132. The van der Waals surface area contributed by atoms with Crippen LogP contribution in [0.2, 0.25) is 23.2 Å². The Morgan fingerprint density at radius 3 is 2.40 bits per heavy atom. The van der Waals surface area contributed by atoms with Gasteiger partial charge in [0.25, 0.3) is 5.91 Å². The number of methoxy groups -OCH3 is 1. The zero-order chi connectivity index (χ0) is 41.5. The zero-order valence-corrected chi connectivity index (χ0v) is 35.1. The van der Waals surface area contributed by atoms with E-state index < -0.39 is 20.5 Å². The minimum atomic E-state index is -2.29. The number of carbonyl (C=O) groups excluding carboxylic acids is 1. The molecule has 57 heavy (non-hydrogen) atoms. The maximum atomic E-state index is 13.1. The zero-order valence-electron chi connectivity index (χ0n) is 33.4. The Labute approximate surface area is 338 Å². The Bertz CT molecular complexity index is 2280. The molecule has 5 rings (SSSR count). The van der Waals surface area contributed by atoms with Crippen LogP contribution < -0.4 is 25.7 Å². The molecule has 0 spiro atoms. The van der Waals surface area contributed by atoms with Crippen LogP contribution in [0.5, 0.6) is 17.2 Å². The van der Waals surface area contributed by atoms with Gasteiger partial charge in [-0.2, -0.15) is 0 Å². The van der Waals surface area contributed by atoms with Gasteiger partial charge in [-0.1, -0.05) is 80.9 Å². The van der Waals surface area contributed by atoms with E-state index in [1.54, 1.807) is 49.4 Å². The fourth-order valence-corrected chi connectivity index (χ4v) is 7.66. The second-order valence-electron chi connectivity index (χ2n) is 15.4. The van der Waals surface area contributed by atoms with Crippen molar-refractivity contribution in [2.45, 2.75) is 58.0 Å². The number of nitrogens with zero attached hydrogens (tertiary/aromatic N) is 1. The summed E-state index contributed by atoms with van der Waals surface area (Å²) in [6, 6.07) is 25.0. The fraction of sp³-hybridized carbons (Fsp3) is 0.326. The number of anilines is 1. The van der Waals surface area contributed by atoms with Crippen molar-refractivity contribution < 1.29 is 33.7 Å². The smallest absolute Gasteiger partial charge is 0.409 e. The average Bonchev–Trinajstić information content (AvgIpc) is 3.16. The highest BCUT2D eigenvalue weighted by Crippen LogP contribution is 2.41. The summed E-state index contributed by atoms with van der Waals surface area (Å²) in [6.45, 7) is 11.7. The number of carbonyl (C=O) groups is 2. The molecule has 1 heterocycles. The van der Waals surface area contributed by atoms with Gasteiger partial charge in [-0.05, 0) is 65.5 Å². The lowest BCUT2D eigenvalue weighted by Crippen LogP contribution is -2.43. The summed E-state index contributed by atoms with van der Waals surface area (Å²) >= 11 is 6.69. The van der Waals surface area contributed by atoms with Gasteiger partial charge in [-0.3, -0.25) is 14.9 Å². The van der Waals surface area contributed by atoms with Crippen molar-refractivity contribution in [2.24, 2.45) is 0 Å². The highest BCUT2D eigenvalue weighted by Gasteiger charge is 2.39. The van der Waals surface area contributed by atoms with Crippen molar-refractivity contribution in [2.75, 3.05) is 39.2 Å². The Hall–Kier alpha value is -5.34. The predicted molar refractivity (Wildman–Crippen MR) is 227 cm³/mol. The number of aromatic hydroxyl groups is 1. The van der Waals surface area contributed by atoms with Crippen LogP contribution in [-0.2, 0) is 22.2 Å². The first-order valence-electron chi connectivity index (χ1n) is 18.6. The molecule has 1 atom stereocenters. The van der Waals surface area contributed by atoms with E-state index in [0.29, 0.717) is 59.2 Å². The summed E-state index contributed by atoms with van der Waals surface area (Å²) in [5.41, 5.74) is 4.62. The van der Waals surface area contributed by atoms with Crippen LogP contribution in [0.3, 0.4) is 0 Å². The number of phenols is 1. The Balaban J connectivity index is 1.23. The maximum absolute atomic E-state index is 13.1. The van der Waals surface area contributed by atoms with Gasteiger partial charge in [-0.25, -0.2) is 4.79 Å². The minimum Gasteiger partial charge on any atom is -0.506 e. The quantitative estimate of drug-likeness (QED) is 0.0615. The molecule has 0 aliphatic carbocycles. The standard InChI is InChI=1S/C43H51ClN4O8Si/c1-43(2,3)57(6,7)56-38(31-15-17-35(49)41-32(31)16-18-39(50)47-41)25-45-24-29-22-33(44)37(23-36(29)54-5)55-26-40(51)48(4)20-19-27-13-14-30(28-11-9-8-10-12-28)34(21-27)46-42(52)53/h8-18,21-23,38,45-46,49H,19-20,24-26H2,1-7H3,(H,47,50)(H,52,53). The van der Waals surface area contributed by atoms with E-state index in [-0.39, 0.29) is 28.9 Å². The van der Waals surface area contributed by atoms with Crippen LogP contribution in [0, 0.1) is 0 Å². The van der Waals surface area contributed by atoms with Crippen molar-refractivity contribution in [3.05, 3.63) is 117 Å². The molecule has 5 aromatic rings. The van der Waals surface area contributed by atoms with Crippen molar-refractivity contribution in [3.8, 4) is 28.4 Å². The largest absolute Gasteiger partial charge is 0.506 e. The number of H-pyrrole nitrogens is 1.